The molecule has 1 atom stereocenters. The minimum absolute atomic E-state index is 0.116. The van der Waals surface area contributed by atoms with Gasteiger partial charge in [-0.15, -0.1) is 0 Å². The fourth-order valence-corrected chi connectivity index (χ4v) is 3.68. The van der Waals surface area contributed by atoms with Gasteiger partial charge in [0.25, 0.3) is 0 Å². The molecule has 2 aromatic carbocycles. The number of ether oxygens (including phenoxy) is 3. The Morgan fingerprint density at radius 1 is 1.16 bits per heavy atom. The van der Waals surface area contributed by atoms with Crippen LogP contribution >= 0.6 is 0 Å². The third-order valence-electron chi connectivity index (χ3n) is 5.35. The molecule has 2 heterocycles. The Kier molecular flexibility index (Phi) is 6.40. The lowest BCUT2D eigenvalue weighted by molar-refractivity contribution is -0.116. The van der Waals surface area contributed by atoms with Gasteiger partial charge >= 0.3 is 0 Å². The minimum atomic E-state index is -0.181. The summed E-state index contributed by atoms with van der Waals surface area (Å²) in [5.41, 5.74) is 4.95. The molecule has 0 saturated heterocycles. The highest BCUT2D eigenvalue weighted by atomic mass is 16.5. The molecule has 1 aliphatic rings. The highest BCUT2D eigenvalue weighted by Gasteiger charge is 2.26. The van der Waals surface area contributed by atoms with Crippen molar-refractivity contribution in [2.24, 2.45) is 0 Å². The number of carbonyl (C=O) groups is 1. The molecule has 0 fully saturated rings. The van der Waals surface area contributed by atoms with Crippen LogP contribution in [0.4, 0.5) is 0 Å². The number of hydrogen-bond acceptors (Lipinski definition) is 5. The highest BCUT2D eigenvalue weighted by molar-refractivity contribution is 5.91. The molecule has 6 nitrogen and oxygen atoms in total. The van der Waals surface area contributed by atoms with Crippen LogP contribution in [0, 0.1) is 6.92 Å². The van der Waals surface area contributed by atoms with Crippen LogP contribution in [-0.2, 0) is 11.2 Å². The van der Waals surface area contributed by atoms with E-state index in [9.17, 15) is 4.79 Å². The summed E-state index contributed by atoms with van der Waals surface area (Å²) in [5, 5.41) is 2.93. The molecule has 4 rings (SSSR count). The number of para-hydroxylation sites is 1. The number of hydrogen-bond donors (Lipinski definition) is 1. The SMILES string of the molecule is COc1ccc(/C=C/C(=O)NC[C@H]2Cc3cccc(-c4ccc(C)cn4)c3O2)cc1OC. The number of fused-ring (bicyclic) bond motifs is 1. The van der Waals surface area contributed by atoms with Gasteiger partial charge in [0, 0.05) is 24.3 Å². The lowest BCUT2D eigenvalue weighted by Gasteiger charge is -2.13. The zero-order valence-corrected chi connectivity index (χ0v) is 18.4. The van der Waals surface area contributed by atoms with Crippen LogP contribution in [-0.4, -0.2) is 37.8 Å². The summed E-state index contributed by atoms with van der Waals surface area (Å²) < 4.78 is 16.7. The van der Waals surface area contributed by atoms with E-state index < -0.39 is 0 Å². The van der Waals surface area contributed by atoms with Gasteiger partial charge in [-0.1, -0.05) is 24.3 Å². The maximum atomic E-state index is 12.3. The molecule has 0 spiro atoms. The van der Waals surface area contributed by atoms with Crippen LogP contribution in [0.2, 0.25) is 0 Å². The molecule has 0 unspecified atom stereocenters. The Morgan fingerprint density at radius 3 is 2.75 bits per heavy atom. The summed E-state index contributed by atoms with van der Waals surface area (Å²) in [6.07, 6.45) is 5.73. The Labute approximate surface area is 187 Å². The summed E-state index contributed by atoms with van der Waals surface area (Å²) in [6, 6.07) is 15.6. The normalized spacial score (nSPS) is 14.7. The molecule has 164 valence electrons. The number of nitrogens with zero attached hydrogens (tertiary/aromatic N) is 1. The Bertz CT molecular complexity index is 1140. The molecule has 32 heavy (non-hydrogen) atoms. The van der Waals surface area contributed by atoms with Crippen molar-refractivity contribution in [2.45, 2.75) is 19.4 Å². The van der Waals surface area contributed by atoms with E-state index in [1.54, 1.807) is 26.4 Å². The first-order valence-corrected chi connectivity index (χ1v) is 10.5. The Balaban J connectivity index is 1.36. The van der Waals surface area contributed by atoms with Crippen molar-refractivity contribution >= 4 is 12.0 Å². The number of amides is 1. The van der Waals surface area contributed by atoms with Crippen LogP contribution < -0.4 is 19.5 Å². The summed E-state index contributed by atoms with van der Waals surface area (Å²) in [4.78, 5) is 16.9. The molecule has 6 heteroatoms. The molecule has 3 aromatic rings. The fraction of sp³-hybridized carbons (Fsp3) is 0.231. The van der Waals surface area contributed by atoms with Crippen molar-refractivity contribution in [3.05, 3.63) is 77.5 Å². The zero-order chi connectivity index (χ0) is 22.5. The molecule has 0 saturated carbocycles. The number of methoxy groups -OCH3 is 2. The predicted molar refractivity (Wildman–Crippen MR) is 124 cm³/mol. The maximum absolute atomic E-state index is 12.3. The summed E-state index contributed by atoms with van der Waals surface area (Å²) in [7, 11) is 3.17. The van der Waals surface area contributed by atoms with Crippen molar-refractivity contribution in [3.8, 4) is 28.5 Å². The van der Waals surface area contributed by atoms with Gasteiger partial charge in [-0.2, -0.15) is 0 Å². The van der Waals surface area contributed by atoms with Gasteiger partial charge in [-0.3, -0.25) is 9.78 Å². The molecular weight excluding hydrogens is 404 g/mol. The van der Waals surface area contributed by atoms with Gasteiger partial charge < -0.3 is 19.5 Å². The first kappa shape index (κ1) is 21.4. The van der Waals surface area contributed by atoms with Gasteiger partial charge in [0.05, 0.1) is 26.5 Å². The molecule has 1 aliphatic heterocycles. The topological polar surface area (TPSA) is 69.7 Å². The Hall–Kier alpha value is -3.80. The van der Waals surface area contributed by atoms with Gasteiger partial charge in [-0.25, -0.2) is 0 Å². The van der Waals surface area contributed by atoms with Crippen molar-refractivity contribution in [2.75, 3.05) is 20.8 Å². The lowest BCUT2D eigenvalue weighted by atomic mass is 10.0. The summed E-state index contributed by atoms with van der Waals surface area (Å²) in [5.74, 6) is 1.93. The van der Waals surface area contributed by atoms with Gasteiger partial charge in [-0.05, 0) is 54.0 Å². The molecule has 0 radical (unpaired) electrons. The zero-order valence-electron chi connectivity index (χ0n) is 18.4. The lowest BCUT2D eigenvalue weighted by Crippen LogP contribution is -2.33. The number of pyridine rings is 1. The van der Waals surface area contributed by atoms with Crippen LogP contribution in [0.5, 0.6) is 17.2 Å². The Morgan fingerprint density at radius 2 is 2.00 bits per heavy atom. The highest BCUT2D eigenvalue weighted by Crippen LogP contribution is 2.38. The predicted octanol–water partition coefficient (Wildman–Crippen LogP) is 4.21. The molecule has 1 aromatic heterocycles. The van der Waals surface area contributed by atoms with Crippen LogP contribution in [0.1, 0.15) is 16.7 Å². The van der Waals surface area contributed by atoms with Gasteiger partial charge in [0.1, 0.15) is 11.9 Å². The van der Waals surface area contributed by atoms with Crippen LogP contribution in [0.25, 0.3) is 17.3 Å². The average Bonchev–Trinajstić information content (AvgIpc) is 3.25. The number of aryl methyl sites for hydroxylation is 1. The van der Waals surface area contributed by atoms with E-state index in [1.165, 1.54) is 6.08 Å². The van der Waals surface area contributed by atoms with Gasteiger partial charge in [0.2, 0.25) is 5.91 Å². The number of aromatic nitrogens is 1. The second kappa shape index (κ2) is 9.56. The second-order valence-electron chi connectivity index (χ2n) is 7.65. The van der Waals surface area contributed by atoms with Crippen molar-refractivity contribution in [3.63, 3.8) is 0 Å². The third-order valence-corrected chi connectivity index (χ3v) is 5.35. The minimum Gasteiger partial charge on any atom is -0.493 e. The van der Waals surface area contributed by atoms with E-state index in [1.807, 2.05) is 49.5 Å². The summed E-state index contributed by atoms with van der Waals surface area (Å²) in [6.45, 7) is 2.44. The fourth-order valence-electron chi connectivity index (χ4n) is 3.68. The largest absolute Gasteiger partial charge is 0.493 e. The van der Waals surface area contributed by atoms with Crippen molar-refractivity contribution < 1.29 is 19.0 Å². The van der Waals surface area contributed by atoms with E-state index in [0.717, 1.165) is 40.1 Å². The van der Waals surface area contributed by atoms with Crippen molar-refractivity contribution in [1.82, 2.24) is 10.3 Å². The quantitative estimate of drug-likeness (QED) is 0.569. The molecular formula is C26H26N2O4. The first-order chi connectivity index (χ1) is 15.6. The van der Waals surface area contributed by atoms with Crippen molar-refractivity contribution in [1.29, 1.82) is 0 Å². The van der Waals surface area contributed by atoms with Crippen LogP contribution in [0.15, 0.2) is 60.8 Å². The number of rotatable bonds is 7. The van der Waals surface area contributed by atoms with E-state index in [-0.39, 0.29) is 12.0 Å². The van der Waals surface area contributed by atoms with E-state index in [4.69, 9.17) is 14.2 Å². The monoisotopic (exact) mass is 430 g/mol. The molecule has 1 amide bonds. The standard InChI is InChI=1S/C26H26N2O4/c1-17-7-10-22(27-15-17)21-6-4-5-19-14-20(32-26(19)21)16-28-25(29)12-9-18-8-11-23(30-2)24(13-18)31-3/h4-13,15,20H,14,16H2,1-3H3,(H,28,29)/b12-9+/t20-/m1/s1. The number of benzene rings is 2. The third kappa shape index (κ3) is 4.75. The van der Waals surface area contributed by atoms with Crippen LogP contribution in [0.3, 0.4) is 0 Å². The number of carbonyl (C=O) groups excluding carboxylic acids is 1. The first-order valence-electron chi connectivity index (χ1n) is 10.5. The smallest absolute Gasteiger partial charge is 0.244 e. The maximum Gasteiger partial charge on any atom is 0.244 e. The molecule has 0 bridgehead atoms. The van der Waals surface area contributed by atoms with E-state index >= 15 is 0 Å². The second-order valence-corrected chi connectivity index (χ2v) is 7.65. The molecule has 1 N–H and O–H groups in total. The average molecular weight is 431 g/mol. The van der Waals surface area contributed by atoms with E-state index in [2.05, 4.69) is 16.4 Å². The van der Waals surface area contributed by atoms with E-state index in [0.29, 0.717) is 18.0 Å². The molecule has 0 aliphatic carbocycles. The summed E-state index contributed by atoms with van der Waals surface area (Å²) >= 11 is 0. The van der Waals surface area contributed by atoms with Gasteiger partial charge in [0.15, 0.2) is 11.5 Å². The number of nitrogens with one attached hydrogen (secondary N) is 1.